The molecule has 0 aromatic heterocycles. The molecule has 0 atom stereocenters. The van der Waals surface area contributed by atoms with E-state index in [1.54, 1.807) is 0 Å². The summed E-state index contributed by atoms with van der Waals surface area (Å²) in [5, 5.41) is 6.29. The molecule has 0 spiro atoms. The molecule has 2 heterocycles. The molecule has 1 aromatic carbocycles. The molecule has 70 valence electrons. The van der Waals surface area contributed by atoms with Crippen LogP contribution in [0.15, 0.2) is 41.9 Å². The first-order valence-corrected chi connectivity index (χ1v) is 4.60. The Morgan fingerprint density at radius 3 is 3.14 bits per heavy atom. The molecule has 0 saturated carbocycles. The van der Waals surface area contributed by atoms with E-state index in [4.69, 9.17) is 4.74 Å². The van der Waals surface area contributed by atoms with E-state index in [0.717, 1.165) is 29.4 Å². The summed E-state index contributed by atoms with van der Waals surface area (Å²) in [7, 11) is 0. The number of benzene rings is 1. The molecule has 3 heteroatoms. The summed E-state index contributed by atoms with van der Waals surface area (Å²) in [5.74, 6) is 1.77. The maximum absolute atomic E-state index is 5.70. The number of hydrogen-bond donors (Lipinski definition) is 2. The lowest BCUT2D eigenvalue weighted by atomic mass is 10.1. The van der Waals surface area contributed by atoms with Crippen molar-refractivity contribution in [2.75, 3.05) is 6.67 Å². The molecule has 0 fully saturated rings. The van der Waals surface area contributed by atoms with Gasteiger partial charge in [-0.1, -0.05) is 18.2 Å². The fraction of sp³-hybridized carbons (Fsp3) is 0.0909. The number of fused-ring (bicyclic) bond motifs is 2. The molecule has 2 aliphatic heterocycles. The van der Waals surface area contributed by atoms with Crippen LogP contribution in [0.25, 0.3) is 6.08 Å². The third-order valence-electron chi connectivity index (χ3n) is 2.32. The highest BCUT2D eigenvalue weighted by atomic mass is 16.5. The predicted molar refractivity (Wildman–Crippen MR) is 54.3 cm³/mol. The molecule has 3 rings (SSSR count). The quantitative estimate of drug-likeness (QED) is 0.642. The number of ether oxygens (including phenoxy) is 1. The number of rotatable bonds is 0. The fourth-order valence-electron chi connectivity index (χ4n) is 1.63. The van der Waals surface area contributed by atoms with Crippen LogP contribution in [0.3, 0.4) is 0 Å². The van der Waals surface area contributed by atoms with Gasteiger partial charge in [-0.3, -0.25) is 0 Å². The van der Waals surface area contributed by atoms with Crippen molar-refractivity contribution in [1.82, 2.24) is 10.6 Å². The van der Waals surface area contributed by atoms with Gasteiger partial charge < -0.3 is 15.4 Å². The SMILES string of the molecule is C1=C2NCNC=C2Oc2ccccc21. The average Bonchev–Trinajstić information content (AvgIpc) is 2.26. The van der Waals surface area contributed by atoms with Gasteiger partial charge in [0.1, 0.15) is 5.75 Å². The van der Waals surface area contributed by atoms with Crippen molar-refractivity contribution in [3.8, 4) is 5.75 Å². The number of para-hydroxylation sites is 1. The summed E-state index contributed by atoms with van der Waals surface area (Å²) in [6.07, 6.45) is 3.99. The number of nitrogens with one attached hydrogen (secondary N) is 2. The molecule has 3 nitrogen and oxygen atoms in total. The van der Waals surface area contributed by atoms with E-state index in [0.29, 0.717) is 0 Å². The summed E-state index contributed by atoms with van der Waals surface area (Å²) in [4.78, 5) is 0. The van der Waals surface area contributed by atoms with Crippen molar-refractivity contribution in [1.29, 1.82) is 0 Å². The second-order valence-corrected chi connectivity index (χ2v) is 3.26. The highest BCUT2D eigenvalue weighted by Gasteiger charge is 2.17. The van der Waals surface area contributed by atoms with Crippen LogP contribution < -0.4 is 15.4 Å². The van der Waals surface area contributed by atoms with Crippen LogP contribution in [0.4, 0.5) is 0 Å². The van der Waals surface area contributed by atoms with Gasteiger partial charge in [-0.05, 0) is 12.1 Å². The van der Waals surface area contributed by atoms with E-state index in [2.05, 4.69) is 16.7 Å². The van der Waals surface area contributed by atoms with E-state index in [9.17, 15) is 0 Å². The minimum Gasteiger partial charge on any atom is -0.453 e. The van der Waals surface area contributed by atoms with Crippen LogP contribution >= 0.6 is 0 Å². The molecule has 0 unspecified atom stereocenters. The van der Waals surface area contributed by atoms with Crippen molar-refractivity contribution < 1.29 is 4.74 Å². The zero-order chi connectivity index (χ0) is 9.38. The molecule has 1 aromatic rings. The van der Waals surface area contributed by atoms with Crippen LogP contribution in [0.2, 0.25) is 0 Å². The fourth-order valence-corrected chi connectivity index (χ4v) is 1.63. The zero-order valence-corrected chi connectivity index (χ0v) is 7.58. The average molecular weight is 186 g/mol. The van der Waals surface area contributed by atoms with Gasteiger partial charge in [0.05, 0.1) is 12.4 Å². The van der Waals surface area contributed by atoms with Crippen LogP contribution in [0.5, 0.6) is 5.75 Å². The maximum Gasteiger partial charge on any atom is 0.166 e. The zero-order valence-electron chi connectivity index (χ0n) is 7.58. The Morgan fingerprint density at radius 2 is 2.14 bits per heavy atom. The molecule has 2 N–H and O–H groups in total. The Bertz CT molecular complexity index is 435. The van der Waals surface area contributed by atoms with Crippen LogP contribution in [-0.4, -0.2) is 6.67 Å². The van der Waals surface area contributed by atoms with Crippen molar-refractivity contribution in [3.05, 3.63) is 47.5 Å². The van der Waals surface area contributed by atoms with E-state index >= 15 is 0 Å². The Morgan fingerprint density at radius 1 is 1.21 bits per heavy atom. The Balaban J connectivity index is 2.13. The predicted octanol–water partition coefficient (Wildman–Crippen LogP) is 1.41. The Hall–Kier alpha value is -1.90. The smallest absolute Gasteiger partial charge is 0.166 e. The first-order valence-electron chi connectivity index (χ1n) is 4.60. The van der Waals surface area contributed by atoms with Crippen LogP contribution in [0.1, 0.15) is 5.56 Å². The van der Waals surface area contributed by atoms with Gasteiger partial charge in [-0.15, -0.1) is 0 Å². The minimum atomic E-state index is 0.751. The Labute approximate surface area is 82.1 Å². The lowest BCUT2D eigenvalue weighted by molar-refractivity contribution is 0.405. The Kier molecular flexibility index (Phi) is 1.50. The second kappa shape index (κ2) is 2.80. The monoisotopic (exact) mass is 186 g/mol. The van der Waals surface area contributed by atoms with E-state index in [1.165, 1.54) is 0 Å². The van der Waals surface area contributed by atoms with Gasteiger partial charge in [0, 0.05) is 11.8 Å². The lowest BCUT2D eigenvalue weighted by Crippen LogP contribution is -2.33. The van der Waals surface area contributed by atoms with E-state index in [-0.39, 0.29) is 0 Å². The van der Waals surface area contributed by atoms with Crippen molar-refractivity contribution in [2.45, 2.75) is 0 Å². The van der Waals surface area contributed by atoms with Gasteiger partial charge in [-0.2, -0.15) is 0 Å². The molecule has 0 aliphatic carbocycles. The van der Waals surface area contributed by atoms with Gasteiger partial charge in [0.25, 0.3) is 0 Å². The summed E-state index contributed by atoms with van der Waals surface area (Å²) in [5.41, 5.74) is 2.16. The molecule has 0 amide bonds. The summed E-state index contributed by atoms with van der Waals surface area (Å²) < 4.78 is 5.70. The normalized spacial score (nSPS) is 17.4. The first kappa shape index (κ1) is 7.50. The lowest BCUT2D eigenvalue weighted by Gasteiger charge is -2.24. The highest BCUT2D eigenvalue weighted by Crippen LogP contribution is 2.30. The topological polar surface area (TPSA) is 33.3 Å². The van der Waals surface area contributed by atoms with Gasteiger partial charge in [0.15, 0.2) is 5.76 Å². The first-order chi connectivity index (χ1) is 6.93. The minimum absolute atomic E-state index is 0.751. The summed E-state index contributed by atoms with van der Waals surface area (Å²) in [6.45, 7) is 0.751. The standard InChI is InChI=1S/C11H10N2O/c1-2-4-10-8(3-1)5-9-11(14-10)6-12-7-13-9/h1-6,12-13H,7H2. The third-order valence-corrected chi connectivity index (χ3v) is 2.32. The van der Waals surface area contributed by atoms with E-state index in [1.807, 2.05) is 30.5 Å². The van der Waals surface area contributed by atoms with Gasteiger partial charge in [-0.25, -0.2) is 0 Å². The molecule has 0 bridgehead atoms. The van der Waals surface area contributed by atoms with Crippen molar-refractivity contribution in [2.24, 2.45) is 0 Å². The summed E-state index contributed by atoms with van der Waals surface area (Å²) in [6, 6.07) is 8.00. The third kappa shape index (κ3) is 1.06. The molecule has 0 radical (unpaired) electrons. The molecular weight excluding hydrogens is 176 g/mol. The largest absolute Gasteiger partial charge is 0.453 e. The molecule has 0 saturated heterocycles. The highest BCUT2D eigenvalue weighted by molar-refractivity contribution is 5.66. The molecule has 2 aliphatic rings. The van der Waals surface area contributed by atoms with Crippen molar-refractivity contribution in [3.63, 3.8) is 0 Å². The van der Waals surface area contributed by atoms with Crippen LogP contribution in [-0.2, 0) is 0 Å². The van der Waals surface area contributed by atoms with Crippen LogP contribution in [0, 0.1) is 0 Å². The summed E-state index contributed by atoms with van der Waals surface area (Å²) >= 11 is 0. The van der Waals surface area contributed by atoms with E-state index < -0.39 is 0 Å². The molecular formula is C11H10N2O. The number of hydrogen-bond acceptors (Lipinski definition) is 3. The van der Waals surface area contributed by atoms with Crippen molar-refractivity contribution >= 4 is 6.08 Å². The maximum atomic E-state index is 5.70. The van der Waals surface area contributed by atoms with Gasteiger partial charge in [0.2, 0.25) is 0 Å². The molecule has 14 heavy (non-hydrogen) atoms. The second-order valence-electron chi connectivity index (χ2n) is 3.26. The van der Waals surface area contributed by atoms with Gasteiger partial charge >= 0.3 is 0 Å².